The van der Waals surface area contributed by atoms with Crippen LogP contribution in [-0.4, -0.2) is 45.9 Å². The van der Waals surface area contributed by atoms with Gasteiger partial charge in [0.25, 0.3) is 5.91 Å². The van der Waals surface area contributed by atoms with Gasteiger partial charge in [0.15, 0.2) is 10.9 Å². The molecule has 3 aromatic heterocycles. The number of carbonyl (C=O) groups excluding carboxylic acids is 1. The van der Waals surface area contributed by atoms with Crippen molar-refractivity contribution >= 4 is 40.6 Å². The highest BCUT2D eigenvalue weighted by atomic mass is 35.5. The average molecular weight is 476 g/mol. The minimum absolute atomic E-state index is 0.214. The predicted octanol–water partition coefficient (Wildman–Crippen LogP) is 4.31. The number of benzene rings is 1. The minimum Gasteiger partial charge on any atom is -0.461 e. The molecular weight excluding hydrogens is 458 g/mol. The third kappa shape index (κ3) is 5.16. The number of nitrogens with zero attached hydrogens (tertiary/aromatic N) is 4. The zero-order chi connectivity index (χ0) is 21.6. The molecule has 0 aliphatic rings. The van der Waals surface area contributed by atoms with Crippen molar-refractivity contribution < 1.29 is 13.9 Å². The van der Waals surface area contributed by atoms with E-state index in [1.165, 1.54) is 23.1 Å². The fourth-order valence-corrected chi connectivity index (χ4v) is 4.59. The summed E-state index contributed by atoms with van der Waals surface area (Å²) in [5, 5.41) is 15.3. The van der Waals surface area contributed by atoms with E-state index < -0.39 is 0 Å². The molecule has 0 aliphatic heterocycles. The summed E-state index contributed by atoms with van der Waals surface area (Å²) in [4.78, 5) is 16.6. The number of aromatic nitrogens is 4. The van der Waals surface area contributed by atoms with Gasteiger partial charge in [-0.05, 0) is 36.4 Å². The number of hydrogen-bond acceptors (Lipinski definition) is 8. The van der Waals surface area contributed by atoms with E-state index in [1.54, 1.807) is 24.8 Å². The molecule has 1 N–H and O–H groups in total. The highest BCUT2D eigenvalue weighted by Gasteiger charge is 2.19. The summed E-state index contributed by atoms with van der Waals surface area (Å²) in [6.45, 7) is 0.896. The summed E-state index contributed by atoms with van der Waals surface area (Å²) < 4.78 is 12.4. The minimum atomic E-state index is -0.214. The molecule has 0 aliphatic carbocycles. The Hall–Kier alpha value is -2.66. The molecule has 0 fully saturated rings. The fourth-order valence-electron chi connectivity index (χ4n) is 2.72. The maximum atomic E-state index is 12.1. The van der Waals surface area contributed by atoms with E-state index in [9.17, 15) is 4.79 Å². The van der Waals surface area contributed by atoms with E-state index in [1.807, 2.05) is 34.9 Å². The average Bonchev–Trinajstić information content (AvgIpc) is 3.53. The highest BCUT2D eigenvalue weighted by Crippen LogP contribution is 2.31. The molecule has 0 unspecified atom stereocenters. The molecule has 1 amide bonds. The lowest BCUT2D eigenvalue weighted by Crippen LogP contribution is -2.27. The molecule has 4 rings (SSSR count). The van der Waals surface area contributed by atoms with Crippen LogP contribution in [0.15, 0.2) is 57.6 Å². The normalized spacial score (nSPS) is 11.0. The van der Waals surface area contributed by atoms with Crippen molar-refractivity contribution in [2.75, 3.05) is 20.3 Å². The fraction of sp³-hybridized carbons (Fsp3) is 0.200. The molecule has 0 spiro atoms. The number of carbonyl (C=O) groups is 1. The Morgan fingerprint density at radius 2 is 2.13 bits per heavy atom. The lowest BCUT2D eigenvalue weighted by molar-refractivity contribution is 0.0932. The van der Waals surface area contributed by atoms with Crippen molar-refractivity contribution in [2.45, 2.75) is 10.9 Å². The third-order valence-electron chi connectivity index (χ3n) is 4.16. The van der Waals surface area contributed by atoms with Crippen molar-refractivity contribution in [2.24, 2.45) is 0 Å². The van der Waals surface area contributed by atoms with Gasteiger partial charge in [-0.25, -0.2) is 4.98 Å². The summed E-state index contributed by atoms with van der Waals surface area (Å²) in [6, 6.07) is 11.1. The van der Waals surface area contributed by atoms with E-state index >= 15 is 0 Å². The smallest absolute Gasteiger partial charge is 0.270 e. The van der Waals surface area contributed by atoms with Crippen molar-refractivity contribution in [1.82, 2.24) is 25.1 Å². The van der Waals surface area contributed by atoms with Crippen LogP contribution in [0.2, 0.25) is 5.02 Å². The Balaban J connectivity index is 1.53. The largest absolute Gasteiger partial charge is 0.461 e. The first-order chi connectivity index (χ1) is 15.2. The van der Waals surface area contributed by atoms with E-state index in [0.717, 1.165) is 10.7 Å². The first kappa shape index (κ1) is 21.6. The molecule has 3 heterocycles. The summed E-state index contributed by atoms with van der Waals surface area (Å²) in [5.74, 6) is 1.53. The molecule has 0 saturated carbocycles. The Morgan fingerprint density at radius 3 is 2.87 bits per heavy atom. The van der Waals surface area contributed by atoms with Crippen LogP contribution in [0.25, 0.3) is 17.3 Å². The Labute approximate surface area is 191 Å². The van der Waals surface area contributed by atoms with E-state index in [4.69, 9.17) is 20.8 Å². The van der Waals surface area contributed by atoms with Gasteiger partial charge in [0.2, 0.25) is 5.82 Å². The number of hydrogen-bond donors (Lipinski definition) is 1. The van der Waals surface area contributed by atoms with Crippen LogP contribution in [0.1, 0.15) is 15.5 Å². The van der Waals surface area contributed by atoms with Crippen LogP contribution in [0.5, 0.6) is 0 Å². The quantitative estimate of drug-likeness (QED) is 0.284. The summed E-state index contributed by atoms with van der Waals surface area (Å²) in [5.41, 5.74) is 1.26. The molecule has 1 aromatic carbocycles. The molecule has 4 aromatic rings. The van der Waals surface area contributed by atoms with Crippen molar-refractivity contribution in [3.63, 3.8) is 0 Å². The summed E-state index contributed by atoms with van der Waals surface area (Å²) in [6.07, 6.45) is 1.60. The second-order valence-corrected chi connectivity index (χ2v) is 8.58. The molecule has 8 nitrogen and oxygen atoms in total. The molecule has 11 heteroatoms. The Bertz CT molecular complexity index is 1140. The first-order valence-corrected chi connectivity index (χ1v) is 11.5. The van der Waals surface area contributed by atoms with E-state index in [2.05, 4.69) is 20.5 Å². The monoisotopic (exact) mass is 475 g/mol. The molecule has 0 bridgehead atoms. The lowest BCUT2D eigenvalue weighted by Gasteiger charge is -2.09. The van der Waals surface area contributed by atoms with Crippen LogP contribution in [0.4, 0.5) is 0 Å². The zero-order valence-corrected chi connectivity index (χ0v) is 18.8. The lowest BCUT2D eigenvalue weighted by atomic mass is 10.3. The van der Waals surface area contributed by atoms with Crippen LogP contribution in [0, 0.1) is 0 Å². The van der Waals surface area contributed by atoms with Crippen molar-refractivity contribution in [3.05, 3.63) is 63.8 Å². The number of thiazole rings is 1. The van der Waals surface area contributed by atoms with Crippen LogP contribution < -0.4 is 5.32 Å². The van der Waals surface area contributed by atoms with Gasteiger partial charge >= 0.3 is 0 Å². The van der Waals surface area contributed by atoms with Gasteiger partial charge in [0.05, 0.1) is 18.6 Å². The zero-order valence-electron chi connectivity index (χ0n) is 16.4. The third-order valence-corrected chi connectivity index (χ3v) is 6.38. The summed E-state index contributed by atoms with van der Waals surface area (Å²) in [7, 11) is 1.59. The molecular formula is C20H18ClN5O3S2. The second-order valence-electron chi connectivity index (χ2n) is 6.26. The van der Waals surface area contributed by atoms with Gasteiger partial charge < -0.3 is 14.5 Å². The SMILES string of the molecule is COCCNC(=O)c1csc(CSc2nnc(-c3ccco3)n2-c2ccc(Cl)cc2)n1. The number of amides is 1. The molecule has 0 saturated heterocycles. The number of rotatable bonds is 9. The van der Waals surface area contributed by atoms with Gasteiger partial charge in [-0.2, -0.15) is 0 Å². The number of ether oxygens (including phenoxy) is 1. The number of thioether (sulfide) groups is 1. The number of furan rings is 1. The molecule has 31 heavy (non-hydrogen) atoms. The molecule has 160 valence electrons. The second kappa shape index (κ2) is 10.1. The maximum Gasteiger partial charge on any atom is 0.270 e. The number of methoxy groups -OCH3 is 1. The Morgan fingerprint density at radius 1 is 1.29 bits per heavy atom. The molecule has 0 radical (unpaired) electrons. The van der Waals surface area contributed by atoms with Crippen LogP contribution >= 0.6 is 34.7 Å². The Kier molecular flexibility index (Phi) is 7.03. The molecule has 0 atom stereocenters. The standard InChI is InChI=1S/C20H18ClN5O3S2/c1-28-10-8-22-19(27)15-11-30-17(23-15)12-31-20-25-24-18(16-3-2-9-29-16)26(20)14-6-4-13(21)5-7-14/h2-7,9,11H,8,10,12H2,1H3,(H,22,27). The van der Waals surface area contributed by atoms with E-state index in [0.29, 0.717) is 46.4 Å². The first-order valence-electron chi connectivity index (χ1n) is 9.25. The van der Waals surface area contributed by atoms with Gasteiger partial charge in [-0.1, -0.05) is 23.4 Å². The van der Waals surface area contributed by atoms with E-state index in [-0.39, 0.29) is 5.91 Å². The topological polar surface area (TPSA) is 95.1 Å². The van der Waals surface area contributed by atoms with Crippen LogP contribution in [0.3, 0.4) is 0 Å². The highest BCUT2D eigenvalue weighted by molar-refractivity contribution is 7.98. The summed E-state index contributed by atoms with van der Waals surface area (Å²) >= 11 is 8.95. The van der Waals surface area contributed by atoms with Crippen molar-refractivity contribution in [3.8, 4) is 17.3 Å². The number of halogens is 1. The van der Waals surface area contributed by atoms with Gasteiger partial charge in [-0.3, -0.25) is 9.36 Å². The van der Waals surface area contributed by atoms with Gasteiger partial charge in [0, 0.05) is 29.7 Å². The van der Waals surface area contributed by atoms with Crippen LogP contribution in [-0.2, 0) is 10.5 Å². The predicted molar refractivity (Wildman–Crippen MR) is 120 cm³/mol. The number of nitrogens with one attached hydrogen (secondary N) is 1. The van der Waals surface area contributed by atoms with Gasteiger partial charge in [-0.15, -0.1) is 21.5 Å². The van der Waals surface area contributed by atoms with Crippen molar-refractivity contribution in [1.29, 1.82) is 0 Å². The maximum absolute atomic E-state index is 12.1. The van der Waals surface area contributed by atoms with Gasteiger partial charge in [0.1, 0.15) is 10.7 Å².